The largest absolute Gasteiger partial charge is 0.490 e. The van der Waals surface area contributed by atoms with Gasteiger partial charge in [0.1, 0.15) is 6.26 Å². The summed E-state index contributed by atoms with van der Waals surface area (Å²) in [5, 5.41) is 2.40. The van der Waals surface area contributed by atoms with Gasteiger partial charge < -0.3 is 9.15 Å². The Bertz CT molecular complexity index is 692. The molecule has 20 heavy (non-hydrogen) atoms. The van der Waals surface area contributed by atoms with E-state index in [9.17, 15) is 0 Å². The summed E-state index contributed by atoms with van der Waals surface area (Å²) < 4.78 is 11.0. The van der Waals surface area contributed by atoms with Crippen LogP contribution in [0.1, 0.15) is 19.8 Å². The number of benzene rings is 2. The average molecular weight is 265 g/mol. The lowest BCUT2D eigenvalue weighted by Crippen LogP contribution is -1.96. The Hall–Kier alpha value is -2.22. The molecule has 1 aromatic heterocycles. The fraction of sp³-hybridized carbons (Fsp3) is 0.222. The Balaban J connectivity index is 2.01. The summed E-state index contributed by atoms with van der Waals surface area (Å²) >= 11 is 0. The molecule has 0 amide bonds. The van der Waals surface area contributed by atoms with Crippen molar-refractivity contribution in [1.29, 1.82) is 0 Å². The lowest BCUT2D eigenvalue weighted by Gasteiger charge is -2.08. The van der Waals surface area contributed by atoms with E-state index in [1.165, 1.54) is 10.8 Å². The molecule has 1 heterocycles. The fourth-order valence-electron chi connectivity index (χ4n) is 2.31. The summed E-state index contributed by atoms with van der Waals surface area (Å²) in [5.41, 5.74) is 2.00. The smallest absolute Gasteiger partial charge is 0.181 e. The summed E-state index contributed by atoms with van der Waals surface area (Å²) in [6.45, 7) is 2.86. The Labute approximate surface area is 119 Å². The van der Waals surface area contributed by atoms with Crippen molar-refractivity contribution in [3.8, 4) is 16.9 Å². The molecule has 2 aromatic carbocycles. The second-order valence-electron chi connectivity index (χ2n) is 4.81. The van der Waals surface area contributed by atoms with E-state index < -0.39 is 0 Å². The fourth-order valence-corrected chi connectivity index (χ4v) is 2.31. The Kier molecular flexibility index (Phi) is 3.73. The van der Waals surface area contributed by atoms with Gasteiger partial charge in [0.2, 0.25) is 0 Å². The number of ether oxygens (including phenoxy) is 1. The van der Waals surface area contributed by atoms with Crippen LogP contribution in [0.2, 0.25) is 0 Å². The van der Waals surface area contributed by atoms with Crippen LogP contribution in [-0.4, -0.2) is 6.61 Å². The summed E-state index contributed by atoms with van der Waals surface area (Å²) in [6, 6.07) is 14.5. The number of hydrogen-bond donors (Lipinski definition) is 0. The normalized spacial score (nSPS) is 10.8. The van der Waals surface area contributed by atoms with Gasteiger partial charge in [0.25, 0.3) is 0 Å². The van der Waals surface area contributed by atoms with Crippen LogP contribution in [0.25, 0.3) is 21.9 Å². The molecule has 0 bridgehead atoms. The molecule has 0 saturated carbocycles. The first-order chi connectivity index (χ1) is 9.90. The van der Waals surface area contributed by atoms with E-state index in [4.69, 9.17) is 9.15 Å². The summed E-state index contributed by atoms with van der Waals surface area (Å²) in [7, 11) is 0. The molecule has 0 spiro atoms. The topological polar surface area (TPSA) is 22.4 Å². The van der Waals surface area contributed by atoms with E-state index in [-0.39, 0.29) is 0 Å². The molecular formula is C18H17O2. The van der Waals surface area contributed by atoms with Crippen LogP contribution < -0.4 is 4.74 Å². The zero-order valence-corrected chi connectivity index (χ0v) is 11.6. The van der Waals surface area contributed by atoms with Crippen molar-refractivity contribution >= 4 is 10.8 Å². The Morgan fingerprint density at radius 3 is 2.85 bits per heavy atom. The molecule has 0 fully saturated rings. The van der Waals surface area contributed by atoms with E-state index in [2.05, 4.69) is 37.5 Å². The first kappa shape index (κ1) is 12.8. The maximum absolute atomic E-state index is 5.80. The molecule has 101 valence electrons. The molecule has 0 N–H and O–H groups in total. The molecule has 2 heteroatoms. The molecule has 0 saturated heterocycles. The van der Waals surface area contributed by atoms with Gasteiger partial charge in [0.05, 0.1) is 12.2 Å². The minimum Gasteiger partial charge on any atom is -0.490 e. The van der Waals surface area contributed by atoms with E-state index in [1.807, 2.05) is 18.2 Å². The average Bonchev–Trinajstić information content (AvgIpc) is 2.95. The summed E-state index contributed by atoms with van der Waals surface area (Å²) in [5.74, 6) is 0.773. The zero-order valence-electron chi connectivity index (χ0n) is 11.6. The standard InChI is InChI=1S/C18H17O2/c1-2-3-11-20-18-13-19-12-17(18)16-10-6-8-14-7-4-5-9-15(14)16/h4-10,13H,2-3,11H2,1H3. The quantitative estimate of drug-likeness (QED) is 0.600. The molecule has 3 rings (SSSR count). The highest BCUT2D eigenvalue weighted by atomic mass is 16.5. The molecule has 0 aliphatic rings. The van der Waals surface area contributed by atoms with Crippen LogP contribution >= 0.6 is 0 Å². The molecule has 3 aromatic rings. The van der Waals surface area contributed by atoms with Crippen molar-refractivity contribution in [2.45, 2.75) is 19.8 Å². The lowest BCUT2D eigenvalue weighted by atomic mass is 10.00. The Morgan fingerprint density at radius 2 is 1.95 bits per heavy atom. The van der Waals surface area contributed by atoms with Gasteiger partial charge in [-0.05, 0) is 22.8 Å². The van der Waals surface area contributed by atoms with Crippen molar-refractivity contribution in [3.05, 3.63) is 55.0 Å². The zero-order chi connectivity index (χ0) is 13.8. The number of fused-ring (bicyclic) bond motifs is 1. The second kappa shape index (κ2) is 5.83. The predicted octanol–water partition coefficient (Wildman–Crippen LogP) is 5.08. The van der Waals surface area contributed by atoms with Crippen LogP contribution in [0.5, 0.6) is 5.75 Å². The summed E-state index contributed by atoms with van der Waals surface area (Å²) in [4.78, 5) is 0. The number of rotatable bonds is 5. The van der Waals surface area contributed by atoms with Crippen LogP contribution in [0.15, 0.2) is 53.1 Å². The molecule has 2 nitrogen and oxygen atoms in total. The highest BCUT2D eigenvalue weighted by Gasteiger charge is 2.12. The van der Waals surface area contributed by atoms with Crippen LogP contribution in [0.4, 0.5) is 0 Å². The third kappa shape index (κ3) is 2.42. The van der Waals surface area contributed by atoms with E-state index >= 15 is 0 Å². The molecule has 0 unspecified atom stereocenters. The Morgan fingerprint density at radius 1 is 1.10 bits per heavy atom. The maximum Gasteiger partial charge on any atom is 0.181 e. The van der Waals surface area contributed by atoms with Gasteiger partial charge in [-0.2, -0.15) is 0 Å². The second-order valence-corrected chi connectivity index (χ2v) is 4.81. The SMILES string of the molecule is CCCCOc1co[c]c1-c1cccc2ccccc12. The lowest BCUT2D eigenvalue weighted by molar-refractivity contribution is 0.306. The van der Waals surface area contributed by atoms with E-state index in [0.29, 0.717) is 6.61 Å². The molecule has 0 atom stereocenters. The number of hydrogen-bond acceptors (Lipinski definition) is 2. The molecule has 0 aliphatic heterocycles. The van der Waals surface area contributed by atoms with Gasteiger partial charge in [0.15, 0.2) is 12.0 Å². The van der Waals surface area contributed by atoms with Gasteiger partial charge >= 0.3 is 0 Å². The van der Waals surface area contributed by atoms with Crippen molar-refractivity contribution in [2.75, 3.05) is 6.61 Å². The van der Waals surface area contributed by atoms with E-state index in [1.54, 1.807) is 6.26 Å². The molecular weight excluding hydrogens is 248 g/mol. The minimum atomic E-state index is 0.710. The summed E-state index contributed by atoms with van der Waals surface area (Å²) in [6.07, 6.45) is 6.73. The highest BCUT2D eigenvalue weighted by Crippen LogP contribution is 2.35. The van der Waals surface area contributed by atoms with Gasteiger partial charge in [-0.1, -0.05) is 55.8 Å². The highest BCUT2D eigenvalue weighted by molar-refractivity contribution is 5.97. The van der Waals surface area contributed by atoms with Crippen LogP contribution in [0.3, 0.4) is 0 Å². The third-order valence-electron chi connectivity index (χ3n) is 3.39. The number of furan rings is 1. The third-order valence-corrected chi connectivity index (χ3v) is 3.39. The van der Waals surface area contributed by atoms with Crippen molar-refractivity contribution in [2.24, 2.45) is 0 Å². The van der Waals surface area contributed by atoms with Crippen LogP contribution in [0, 0.1) is 6.26 Å². The predicted molar refractivity (Wildman–Crippen MR) is 80.9 cm³/mol. The monoisotopic (exact) mass is 265 g/mol. The van der Waals surface area contributed by atoms with Crippen LogP contribution in [-0.2, 0) is 0 Å². The molecule has 0 aliphatic carbocycles. The first-order valence-corrected chi connectivity index (χ1v) is 7.00. The van der Waals surface area contributed by atoms with Crippen molar-refractivity contribution < 1.29 is 9.15 Å². The van der Waals surface area contributed by atoms with Gasteiger partial charge in [-0.15, -0.1) is 0 Å². The van der Waals surface area contributed by atoms with Gasteiger partial charge in [-0.25, -0.2) is 0 Å². The minimum absolute atomic E-state index is 0.710. The number of unbranched alkanes of at least 4 members (excludes halogenated alkanes) is 1. The first-order valence-electron chi connectivity index (χ1n) is 7.00. The van der Waals surface area contributed by atoms with Crippen molar-refractivity contribution in [1.82, 2.24) is 0 Å². The van der Waals surface area contributed by atoms with Gasteiger partial charge in [-0.3, -0.25) is 0 Å². The maximum atomic E-state index is 5.80. The molecule has 1 radical (unpaired) electrons. The van der Waals surface area contributed by atoms with Gasteiger partial charge in [0, 0.05) is 0 Å². The van der Waals surface area contributed by atoms with Crippen molar-refractivity contribution in [3.63, 3.8) is 0 Å². The van der Waals surface area contributed by atoms with E-state index in [0.717, 1.165) is 29.7 Å².